The van der Waals surface area contributed by atoms with Crippen LogP contribution in [0.15, 0.2) is 24.5 Å². The summed E-state index contributed by atoms with van der Waals surface area (Å²) >= 11 is 5.44. The van der Waals surface area contributed by atoms with Crippen LogP contribution in [0.2, 0.25) is 0 Å². The van der Waals surface area contributed by atoms with E-state index in [0.29, 0.717) is 32.3 Å². The number of ether oxygens (including phenoxy) is 2. The Labute approximate surface area is 89.0 Å². The first kappa shape index (κ1) is 11.4. The van der Waals surface area contributed by atoms with Crippen molar-refractivity contribution in [1.82, 2.24) is 4.98 Å². The second kappa shape index (κ2) is 7.74. The van der Waals surface area contributed by atoms with Crippen LogP contribution in [-0.4, -0.2) is 30.7 Å². The van der Waals surface area contributed by atoms with Gasteiger partial charge in [0.05, 0.1) is 26.4 Å². The van der Waals surface area contributed by atoms with E-state index in [4.69, 9.17) is 21.1 Å². The summed E-state index contributed by atoms with van der Waals surface area (Å²) in [5, 5.41) is 0. The minimum atomic E-state index is 0.532. The maximum Gasteiger partial charge on any atom is 0.0719 e. The van der Waals surface area contributed by atoms with Gasteiger partial charge in [-0.05, 0) is 17.7 Å². The number of halogens is 1. The zero-order chi connectivity index (χ0) is 10.1. The molecule has 3 nitrogen and oxygen atoms in total. The number of pyridine rings is 1. The highest BCUT2D eigenvalue weighted by Crippen LogP contribution is 1.98. The first-order valence-electron chi connectivity index (χ1n) is 4.54. The smallest absolute Gasteiger partial charge is 0.0719 e. The molecule has 0 aliphatic rings. The molecule has 0 atom stereocenters. The van der Waals surface area contributed by atoms with Crippen molar-refractivity contribution in [3.63, 3.8) is 0 Å². The summed E-state index contributed by atoms with van der Waals surface area (Å²) in [6.07, 6.45) is 3.51. The third kappa shape index (κ3) is 5.17. The van der Waals surface area contributed by atoms with Gasteiger partial charge in [-0.15, -0.1) is 11.6 Å². The van der Waals surface area contributed by atoms with Gasteiger partial charge in [-0.1, -0.05) is 0 Å². The molecule has 0 unspecified atom stereocenters. The van der Waals surface area contributed by atoms with Crippen molar-refractivity contribution < 1.29 is 9.47 Å². The Hall–Kier alpha value is -0.640. The van der Waals surface area contributed by atoms with Crippen molar-refractivity contribution in [3.8, 4) is 0 Å². The van der Waals surface area contributed by atoms with Gasteiger partial charge in [0.25, 0.3) is 0 Å². The van der Waals surface area contributed by atoms with Crippen molar-refractivity contribution >= 4 is 11.6 Å². The van der Waals surface area contributed by atoms with Gasteiger partial charge in [-0.2, -0.15) is 0 Å². The molecule has 0 saturated carbocycles. The lowest BCUT2D eigenvalue weighted by atomic mass is 10.3. The van der Waals surface area contributed by atoms with E-state index < -0.39 is 0 Å². The Bertz CT molecular complexity index is 231. The van der Waals surface area contributed by atoms with Crippen molar-refractivity contribution in [1.29, 1.82) is 0 Å². The molecule has 0 aromatic carbocycles. The molecule has 0 amide bonds. The molecular weight excluding hydrogens is 202 g/mol. The van der Waals surface area contributed by atoms with Gasteiger partial charge in [-0.25, -0.2) is 0 Å². The van der Waals surface area contributed by atoms with Gasteiger partial charge >= 0.3 is 0 Å². The van der Waals surface area contributed by atoms with E-state index in [2.05, 4.69) is 4.98 Å². The first-order chi connectivity index (χ1) is 6.93. The zero-order valence-electron chi connectivity index (χ0n) is 7.99. The molecule has 0 bridgehead atoms. The summed E-state index contributed by atoms with van der Waals surface area (Å²) in [7, 11) is 0. The molecule has 14 heavy (non-hydrogen) atoms. The van der Waals surface area contributed by atoms with E-state index in [1.54, 1.807) is 12.4 Å². The number of hydrogen-bond donors (Lipinski definition) is 0. The summed E-state index contributed by atoms with van der Waals surface area (Å²) < 4.78 is 10.5. The van der Waals surface area contributed by atoms with Crippen molar-refractivity contribution in [2.45, 2.75) is 6.61 Å². The van der Waals surface area contributed by atoms with Gasteiger partial charge in [0.1, 0.15) is 0 Å². The van der Waals surface area contributed by atoms with Crippen molar-refractivity contribution in [2.24, 2.45) is 0 Å². The Morgan fingerprint density at radius 2 is 1.79 bits per heavy atom. The second-order valence-corrected chi connectivity index (χ2v) is 3.09. The molecule has 1 aromatic heterocycles. The Morgan fingerprint density at radius 3 is 2.50 bits per heavy atom. The normalized spacial score (nSPS) is 10.4. The lowest BCUT2D eigenvalue weighted by Gasteiger charge is -2.04. The molecule has 0 aliphatic carbocycles. The van der Waals surface area contributed by atoms with E-state index in [9.17, 15) is 0 Å². The largest absolute Gasteiger partial charge is 0.378 e. The fourth-order valence-corrected chi connectivity index (χ4v) is 1.05. The Kier molecular flexibility index (Phi) is 6.32. The standard InChI is InChI=1S/C10H14ClNO2/c11-3-6-13-7-8-14-9-10-1-4-12-5-2-10/h1-2,4-5H,3,6-9H2. The van der Waals surface area contributed by atoms with Crippen molar-refractivity contribution in [3.05, 3.63) is 30.1 Å². The van der Waals surface area contributed by atoms with E-state index >= 15 is 0 Å². The van der Waals surface area contributed by atoms with Crippen LogP contribution in [0.4, 0.5) is 0 Å². The van der Waals surface area contributed by atoms with Crippen LogP contribution in [0.25, 0.3) is 0 Å². The highest BCUT2D eigenvalue weighted by molar-refractivity contribution is 6.17. The monoisotopic (exact) mass is 215 g/mol. The molecule has 1 rings (SSSR count). The first-order valence-corrected chi connectivity index (χ1v) is 5.07. The van der Waals surface area contributed by atoms with Crippen LogP contribution in [0.3, 0.4) is 0 Å². The summed E-state index contributed by atoms with van der Waals surface area (Å²) in [6.45, 7) is 2.38. The van der Waals surface area contributed by atoms with Gasteiger partial charge in [-0.3, -0.25) is 4.98 Å². The Morgan fingerprint density at radius 1 is 1.07 bits per heavy atom. The van der Waals surface area contributed by atoms with Crippen LogP contribution in [-0.2, 0) is 16.1 Å². The zero-order valence-corrected chi connectivity index (χ0v) is 8.74. The van der Waals surface area contributed by atoms with Crippen LogP contribution in [0, 0.1) is 0 Å². The number of rotatable bonds is 7. The predicted molar refractivity (Wildman–Crippen MR) is 55.4 cm³/mol. The number of aromatic nitrogens is 1. The average molecular weight is 216 g/mol. The van der Waals surface area contributed by atoms with Gasteiger partial charge in [0, 0.05) is 18.3 Å². The molecule has 1 heterocycles. The minimum Gasteiger partial charge on any atom is -0.378 e. The third-order valence-corrected chi connectivity index (χ3v) is 1.77. The minimum absolute atomic E-state index is 0.532. The molecule has 0 N–H and O–H groups in total. The fourth-order valence-electron chi connectivity index (χ4n) is 0.944. The molecular formula is C10H14ClNO2. The molecule has 0 saturated heterocycles. The van der Waals surface area contributed by atoms with E-state index in [0.717, 1.165) is 5.56 Å². The predicted octanol–water partition coefficient (Wildman–Crippen LogP) is 1.85. The summed E-state index contributed by atoms with van der Waals surface area (Å²) in [4.78, 5) is 3.92. The summed E-state index contributed by atoms with van der Waals surface area (Å²) in [6, 6.07) is 3.86. The maximum atomic E-state index is 5.44. The van der Waals surface area contributed by atoms with Crippen LogP contribution < -0.4 is 0 Å². The third-order valence-electron chi connectivity index (χ3n) is 1.61. The quantitative estimate of drug-likeness (QED) is 0.514. The molecule has 78 valence electrons. The lowest BCUT2D eigenvalue weighted by molar-refractivity contribution is 0.0459. The molecule has 4 heteroatoms. The van der Waals surface area contributed by atoms with Gasteiger partial charge in [0.2, 0.25) is 0 Å². The number of nitrogens with zero attached hydrogens (tertiary/aromatic N) is 1. The van der Waals surface area contributed by atoms with Gasteiger partial charge in [0.15, 0.2) is 0 Å². The highest BCUT2D eigenvalue weighted by Gasteiger charge is 1.92. The Balaban J connectivity index is 1.99. The van der Waals surface area contributed by atoms with E-state index in [1.807, 2.05) is 12.1 Å². The summed E-state index contributed by atoms with van der Waals surface area (Å²) in [5.41, 5.74) is 1.12. The SMILES string of the molecule is ClCCOCCOCc1ccncc1. The highest BCUT2D eigenvalue weighted by atomic mass is 35.5. The van der Waals surface area contributed by atoms with E-state index in [1.165, 1.54) is 0 Å². The van der Waals surface area contributed by atoms with E-state index in [-0.39, 0.29) is 0 Å². The van der Waals surface area contributed by atoms with Crippen molar-refractivity contribution in [2.75, 3.05) is 25.7 Å². The van der Waals surface area contributed by atoms with Crippen LogP contribution >= 0.6 is 11.6 Å². The fraction of sp³-hybridized carbons (Fsp3) is 0.500. The summed E-state index contributed by atoms with van der Waals surface area (Å²) in [5.74, 6) is 0.532. The second-order valence-electron chi connectivity index (χ2n) is 2.71. The molecule has 0 aliphatic heterocycles. The topological polar surface area (TPSA) is 31.4 Å². The van der Waals surface area contributed by atoms with Gasteiger partial charge < -0.3 is 9.47 Å². The van der Waals surface area contributed by atoms with Crippen LogP contribution in [0.1, 0.15) is 5.56 Å². The molecule has 0 fully saturated rings. The lowest BCUT2D eigenvalue weighted by Crippen LogP contribution is -2.05. The molecule has 1 aromatic rings. The molecule has 0 spiro atoms. The number of hydrogen-bond acceptors (Lipinski definition) is 3. The molecule has 0 radical (unpaired) electrons. The van der Waals surface area contributed by atoms with Crippen LogP contribution in [0.5, 0.6) is 0 Å². The number of alkyl halides is 1. The maximum absolute atomic E-state index is 5.44. The average Bonchev–Trinajstić information content (AvgIpc) is 2.25.